The van der Waals surface area contributed by atoms with Gasteiger partial charge in [0.1, 0.15) is 11.6 Å². The maximum Gasteiger partial charge on any atom is 0.355 e. The molecule has 5 fully saturated rings. The van der Waals surface area contributed by atoms with Crippen LogP contribution in [-0.4, -0.2) is 91.4 Å². The number of benzene rings is 2. The van der Waals surface area contributed by atoms with Crippen molar-refractivity contribution in [1.29, 1.82) is 0 Å². The topological polar surface area (TPSA) is 144 Å². The molecule has 12 rings (SSSR count). The SMILES string of the molecule is COc1ccc(-c2c(N3CCCc4c3nnc(Nc3nc5ccccc5s3)c4C)nc(C(=O)O)c(-c3cnn(CC45CC6(C)CC(C)(C4)CC(OCCN4CCCC4)(C6)C5)c3C)c2C)cc1. The zero-order chi connectivity index (χ0) is 45.6. The number of nitrogens with one attached hydrogen (secondary N) is 1. The van der Waals surface area contributed by atoms with Crippen molar-refractivity contribution in [2.24, 2.45) is 16.2 Å². The lowest BCUT2D eigenvalue weighted by molar-refractivity contribution is -0.248. The van der Waals surface area contributed by atoms with Crippen LogP contribution >= 0.6 is 11.3 Å². The highest BCUT2D eigenvalue weighted by Crippen LogP contribution is 2.72. The Kier molecular flexibility index (Phi) is 10.5. The summed E-state index contributed by atoms with van der Waals surface area (Å²) in [5, 5.41) is 30.0. The van der Waals surface area contributed by atoms with Crippen molar-refractivity contribution < 1.29 is 19.4 Å². The maximum atomic E-state index is 13.6. The van der Waals surface area contributed by atoms with E-state index in [1.165, 1.54) is 32.4 Å². The number of nitrogens with zero attached hydrogens (tertiary/aromatic N) is 8. The van der Waals surface area contributed by atoms with E-state index in [-0.39, 0.29) is 27.5 Å². The number of carbonyl (C=O) groups is 1. The van der Waals surface area contributed by atoms with Gasteiger partial charge < -0.3 is 29.7 Å². The van der Waals surface area contributed by atoms with E-state index in [4.69, 9.17) is 34.7 Å². The van der Waals surface area contributed by atoms with E-state index in [1.54, 1.807) is 18.4 Å². The average Bonchev–Trinajstić information content (AvgIpc) is 4.03. The Morgan fingerprint density at radius 3 is 2.33 bits per heavy atom. The fourth-order valence-corrected chi connectivity index (χ4v) is 15.0. The first-order valence-electron chi connectivity index (χ1n) is 23.8. The highest BCUT2D eigenvalue weighted by atomic mass is 32.1. The first kappa shape index (κ1) is 43.1. The summed E-state index contributed by atoms with van der Waals surface area (Å²) in [6.07, 6.45) is 12.9. The third-order valence-electron chi connectivity index (χ3n) is 15.7. The fraction of sp³-hybridized carbons (Fsp3) is 0.500. The molecule has 2 N–H and O–H groups in total. The average molecular weight is 908 g/mol. The van der Waals surface area contributed by atoms with Crippen LogP contribution in [0.4, 0.5) is 22.6 Å². The van der Waals surface area contributed by atoms with E-state index in [2.05, 4.69) is 53.6 Å². The molecule has 2 unspecified atom stereocenters. The van der Waals surface area contributed by atoms with Crippen molar-refractivity contribution in [2.75, 3.05) is 50.1 Å². The minimum atomic E-state index is -1.09. The number of hydrogen-bond acceptors (Lipinski definition) is 12. The quantitative estimate of drug-likeness (QED) is 0.114. The molecule has 4 saturated carbocycles. The van der Waals surface area contributed by atoms with Crippen LogP contribution in [0.25, 0.3) is 32.5 Å². The lowest BCUT2D eigenvalue weighted by Gasteiger charge is -2.69. The van der Waals surface area contributed by atoms with Crippen molar-refractivity contribution >= 4 is 50.1 Å². The van der Waals surface area contributed by atoms with Gasteiger partial charge in [0.25, 0.3) is 0 Å². The number of fused-ring (bicyclic) bond motifs is 2. The first-order chi connectivity index (χ1) is 31.7. The Hall–Kier alpha value is -5.44. The summed E-state index contributed by atoms with van der Waals surface area (Å²) < 4.78 is 15.9. The highest BCUT2D eigenvalue weighted by Gasteiger charge is 2.66. The monoisotopic (exact) mass is 907 g/mol. The number of pyridine rings is 1. The number of aromatic nitrogens is 6. The summed E-state index contributed by atoms with van der Waals surface area (Å²) in [6, 6.07) is 16.0. The van der Waals surface area contributed by atoms with Crippen molar-refractivity contribution in [3.63, 3.8) is 0 Å². The molecule has 6 aromatic rings. The molecule has 4 aromatic heterocycles. The van der Waals surface area contributed by atoms with Gasteiger partial charge in [0, 0.05) is 53.1 Å². The molecule has 2 aliphatic heterocycles. The Labute approximate surface area is 391 Å². The largest absolute Gasteiger partial charge is 0.497 e. The van der Waals surface area contributed by atoms with E-state index in [9.17, 15) is 9.90 Å². The molecule has 0 spiro atoms. The number of carboxylic acid groups (broad SMARTS) is 1. The number of carboxylic acids is 1. The second-order valence-corrected chi connectivity index (χ2v) is 22.1. The molecular weight excluding hydrogens is 847 g/mol. The number of hydrogen-bond donors (Lipinski definition) is 2. The van der Waals surface area contributed by atoms with Gasteiger partial charge in [-0.2, -0.15) is 5.10 Å². The Morgan fingerprint density at radius 1 is 0.848 bits per heavy atom. The summed E-state index contributed by atoms with van der Waals surface area (Å²) in [7, 11) is 1.66. The maximum absolute atomic E-state index is 13.6. The predicted octanol–water partition coefficient (Wildman–Crippen LogP) is 10.7. The van der Waals surface area contributed by atoms with Crippen LogP contribution in [0, 0.1) is 37.0 Å². The van der Waals surface area contributed by atoms with E-state index in [0.29, 0.717) is 29.6 Å². The van der Waals surface area contributed by atoms with Crippen molar-refractivity contribution in [1.82, 2.24) is 34.8 Å². The summed E-state index contributed by atoms with van der Waals surface area (Å²) in [5.74, 6) is 1.51. The van der Waals surface area contributed by atoms with Gasteiger partial charge in [0.05, 0.1) is 35.7 Å². The van der Waals surface area contributed by atoms with E-state index in [0.717, 1.165) is 125 Å². The van der Waals surface area contributed by atoms with E-state index >= 15 is 0 Å². The summed E-state index contributed by atoms with van der Waals surface area (Å²) in [5.41, 5.74) is 8.17. The molecule has 4 bridgehead atoms. The van der Waals surface area contributed by atoms with Crippen molar-refractivity contribution in [2.45, 2.75) is 111 Å². The van der Waals surface area contributed by atoms with Crippen LogP contribution < -0.4 is 15.0 Å². The molecule has 6 heterocycles. The molecule has 2 aromatic carbocycles. The van der Waals surface area contributed by atoms with Gasteiger partial charge in [-0.3, -0.25) is 4.68 Å². The number of para-hydroxylation sites is 1. The van der Waals surface area contributed by atoms with Crippen LogP contribution in [0.5, 0.6) is 5.75 Å². The number of ether oxygens (including phenoxy) is 2. The second-order valence-electron chi connectivity index (χ2n) is 21.1. The molecule has 6 aliphatic rings. The standard InChI is InChI=1S/C52H61N9O4S/c1-32-37-12-11-21-60(45(37)58-57-44(32)56-48-54-39-13-7-8-14-40(39)66-48)46-41(35-15-17-36(64-6)18-16-35)33(2)42(43(55-46)47(62)63)38-24-53-61(34(38)3)31-51-26-49(4)25-50(5,27-51)29-52(28-49,30-51)65-23-22-59-19-9-10-20-59/h7-8,13-18,24H,9-12,19-23,25-31H2,1-6H3,(H,62,63)(H,54,56,57). The molecule has 4 aliphatic carbocycles. The molecule has 13 nitrogen and oxygen atoms in total. The zero-order valence-corrected chi connectivity index (χ0v) is 40.0. The van der Waals surface area contributed by atoms with E-state index < -0.39 is 5.97 Å². The molecule has 2 atom stereocenters. The lowest BCUT2D eigenvalue weighted by atomic mass is 9.39. The summed E-state index contributed by atoms with van der Waals surface area (Å²) in [4.78, 5) is 28.2. The minimum Gasteiger partial charge on any atom is -0.497 e. The van der Waals surface area contributed by atoms with Crippen LogP contribution in [0.3, 0.4) is 0 Å². The normalized spacial score (nSPS) is 25.8. The third kappa shape index (κ3) is 7.53. The van der Waals surface area contributed by atoms with Gasteiger partial charge in [-0.1, -0.05) is 49.4 Å². The van der Waals surface area contributed by atoms with Crippen LogP contribution in [-0.2, 0) is 17.7 Å². The molecule has 0 amide bonds. The van der Waals surface area contributed by atoms with Gasteiger partial charge in [-0.15, -0.1) is 10.2 Å². The Bertz CT molecular complexity index is 2820. The Balaban J connectivity index is 0.964. The molecule has 344 valence electrons. The number of anilines is 4. The van der Waals surface area contributed by atoms with Crippen molar-refractivity contribution in [3.05, 3.63) is 82.8 Å². The molecule has 1 saturated heterocycles. The van der Waals surface area contributed by atoms with Crippen LogP contribution in [0.1, 0.15) is 105 Å². The van der Waals surface area contributed by atoms with Crippen LogP contribution in [0.2, 0.25) is 0 Å². The highest BCUT2D eigenvalue weighted by molar-refractivity contribution is 7.22. The predicted molar refractivity (Wildman–Crippen MR) is 260 cm³/mol. The van der Waals surface area contributed by atoms with Gasteiger partial charge in [-0.25, -0.2) is 14.8 Å². The smallest absolute Gasteiger partial charge is 0.355 e. The van der Waals surface area contributed by atoms with Gasteiger partial charge in [0.15, 0.2) is 22.5 Å². The molecule has 0 radical (unpaired) electrons. The fourth-order valence-electron chi connectivity index (χ4n) is 14.1. The van der Waals surface area contributed by atoms with Gasteiger partial charge >= 0.3 is 5.97 Å². The van der Waals surface area contributed by atoms with Gasteiger partial charge in [0.2, 0.25) is 0 Å². The second kappa shape index (κ2) is 16.1. The number of likely N-dealkylation sites (tertiary alicyclic amines) is 1. The van der Waals surface area contributed by atoms with Gasteiger partial charge in [-0.05, 0) is 150 Å². The number of thiazole rings is 1. The first-order valence-corrected chi connectivity index (χ1v) is 24.6. The summed E-state index contributed by atoms with van der Waals surface area (Å²) in [6.45, 7) is 16.7. The number of aromatic carboxylic acids is 1. The zero-order valence-electron chi connectivity index (χ0n) is 39.2. The third-order valence-corrected chi connectivity index (χ3v) is 16.6. The lowest BCUT2D eigenvalue weighted by Crippen LogP contribution is -2.64. The number of rotatable bonds is 13. The molecule has 66 heavy (non-hydrogen) atoms. The van der Waals surface area contributed by atoms with E-state index in [1.807, 2.05) is 55.6 Å². The minimum absolute atomic E-state index is 0.00600. The Morgan fingerprint density at radius 2 is 1.61 bits per heavy atom. The summed E-state index contributed by atoms with van der Waals surface area (Å²) >= 11 is 1.58. The van der Waals surface area contributed by atoms with Crippen LogP contribution in [0.15, 0.2) is 54.7 Å². The van der Waals surface area contributed by atoms with Crippen molar-refractivity contribution in [3.8, 4) is 28.0 Å². The molecular formula is C52H61N9O4S. The molecule has 14 heteroatoms. The number of methoxy groups -OCH3 is 1.